The molecular formula is C27H21Cl2N5O3S. The first kappa shape index (κ1) is 27.2. The van der Waals surface area contributed by atoms with E-state index < -0.39 is 15.7 Å². The third-order valence-corrected chi connectivity index (χ3v) is 8.25. The van der Waals surface area contributed by atoms with Gasteiger partial charge in [0, 0.05) is 35.0 Å². The van der Waals surface area contributed by atoms with E-state index in [0.717, 1.165) is 5.56 Å². The molecule has 1 aliphatic heterocycles. The minimum Gasteiger partial charge on any atom is -0.348 e. The van der Waals surface area contributed by atoms with Crippen LogP contribution in [0.3, 0.4) is 0 Å². The number of hydrogen-bond acceptors (Lipinski definition) is 6. The van der Waals surface area contributed by atoms with E-state index in [4.69, 9.17) is 28.5 Å². The summed E-state index contributed by atoms with van der Waals surface area (Å²) >= 11 is 12.6. The van der Waals surface area contributed by atoms with Gasteiger partial charge in [-0.3, -0.25) is 4.79 Å². The van der Waals surface area contributed by atoms with E-state index in [1.54, 1.807) is 36.4 Å². The Balaban J connectivity index is 1.76. The molecule has 0 radical (unpaired) electrons. The minimum atomic E-state index is -3.10. The van der Waals surface area contributed by atoms with E-state index in [9.17, 15) is 18.5 Å². The van der Waals surface area contributed by atoms with Crippen molar-refractivity contribution in [3.8, 4) is 40.9 Å². The quantitative estimate of drug-likeness (QED) is 0.353. The number of rotatable bonds is 5. The van der Waals surface area contributed by atoms with Crippen molar-refractivity contribution < 1.29 is 13.2 Å². The summed E-state index contributed by atoms with van der Waals surface area (Å²) in [5.74, 6) is 5.34. The molecule has 1 aliphatic rings. The van der Waals surface area contributed by atoms with E-state index in [2.05, 4.69) is 28.3 Å². The molecule has 0 atom stereocenters. The van der Waals surface area contributed by atoms with Gasteiger partial charge in [-0.25, -0.2) is 13.1 Å². The highest BCUT2D eigenvalue weighted by atomic mass is 35.5. The van der Waals surface area contributed by atoms with Crippen molar-refractivity contribution in [1.29, 1.82) is 10.5 Å². The maximum Gasteiger partial charge on any atom is 0.273 e. The number of unbranched alkanes of at least 4 members (excludes halogenated alkanes) is 1. The summed E-state index contributed by atoms with van der Waals surface area (Å²) in [6.45, 7) is 0. The summed E-state index contributed by atoms with van der Waals surface area (Å²) in [5.41, 5.74) is 2.06. The number of halogens is 2. The summed E-state index contributed by atoms with van der Waals surface area (Å²) in [6, 6.07) is 15.7. The van der Waals surface area contributed by atoms with Crippen molar-refractivity contribution in [1.82, 2.24) is 15.1 Å². The second-order valence-electron chi connectivity index (χ2n) is 8.63. The first-order valence-electron chi connectivity index (χ1n) is 11.7. The fourth-order valence-electron chi connectivity index (χ4n) is 4.06. The maximum atomic E-state index is 13.3. The molecule has 1 N–H and O–H groups in total. The second-order valence-corrected chi connectivity index (χ2v) is 11.8. The zero-order chi connectivity index (χ0) is 27.3. The molecule has 0 bridgehead atoms. The van der Waals surface area contributed by atoms with E-state index in [0.29, 0.717) is 47.7 Å². The lowest BCUT2D eigenvalue weighted by Crippen LogP contribution is -2.41. The predicted molar refractivity (Wildman–Crippen MR) is 145 cm³/mol. The normalized spacial score (nSPS) is 14.5. The fraction of sp³-hybridized carbons (Fsp3) is 0.259. The average Bonchev–Trinajstić information content (AvgIpc) is 3.28. The van der Waals surface area contributed by atoms with Crippen LogP contribution in [0, 0.1) is 34.5 Å². The van der Waals surface area contributed by atoms with Crippen molar-refractivity contribution in [2.24, 2.45) is 0 Å². The molecule has 2 heterocycles. The molecule has 1 aromatic heterocycles. The molecule has 4 rings (SSSR count). The maximum absolute atomic E-state index is 13.3. The van der Waals surface area contributed by atoms with Crippen LogP contribution >= 0.6 is 23.2 Å². The zero-order valence-electron chi connectivity index (χ0n) is 20.0. The summed E-state index contributed by atoms with van der Waals surface area (Å²) in [7, 11) is -3.10. The predicted octanol–water partition coefficient (Wildman–Crippen LogP) is 4.68. The van der Waals surface area contributed by atoms with Crippen LogP contribution < -0.4 is 5.32 Å². The summed E-state index contributed by atoms with van der Waals surface area (Å²) in [5, 5.41) is 26.8. The number of nitriles is 2. The van der Waals surface area contributed by atoms with Crippen LogP contribution in [-0.4, -0.2) is 41.7 Å². The third kappa shape index (κ3) is 6.18. The molecule has 38 heavy (non-hydrogen) atoms. The Morgan fingerprint density at radius 2 is 1.79 bits per heavy atom. The van der Waals surface area contributed by atoms with E-state index in [1.807, 2.05) is 6.07 Å². The van der Waals surface area contributed by atoms with Crippen molar-refractivity contribution in [2.75, 3.05) is 11.5 Å². The van der Waals surface area contributed by atoms with Gasteiger partial charge in [-0.1, -0.05) is 47.2 Å². The topological polar surface area (TPSA) is 129 Å². The van der Waals surface area contributed by atoms with Crippen molar-refractivity contribution in [3.63, 3.8) is 0 Å². The molecule has 1 amide bonds. The number of carbonyl (C=O) groups is 1. The van der Waals surface area contributed by atoms with Crippen molar-refractivity contribution in [3.05, 3.63) is 69.3 Å². The average molecular weight is 566 g/mol. The minimum absolute atomic E-state index is 0.00508. The molecular weight excluding hydrogens is 545 g/mol. The van der Waals surface area contributed by atoms with Crippen LogP contribution in [-0.2, 0) is 9.84 Å². The van der Waals surface area contributed by atoms with Gasteiger partial charge >= 0.3 is 0 Å². The lowest BCUT2D eigenvalue weighted by Gasteiger charge is -2.22. The highest BCUT2D eigenvalue weighted by Gasteiger charge is 2.29. The highest BCUT2D eigenvalue weighted by molar-refractivity contribution is 7.91. The molecule has 0 unspecified atom stereocenters. The molecule has 192 valence electrons. The van der Waals surface area contributed by atoms with Crippen LogP contribution in [0.15, 0.2) is 42.5 Å². The lowest BCUT2D eigenvalue weighted by atomic mass is 10.0. The summed E-state index contributed by atoms with van der Waals surface area (Å²) in [6.07, 6.45) is 1.40. The molecule has 3 aromatic rings. The van der Waals surface area contributed by atoms with Crippen LogP contribution in [0.4, 0.5) is 0 Å². The van der Waals surface area contributed by atoms with Gasteiger partial charge in [-0.2, -0.15) is 15.6 Å². The second kappa shape index (κ2) is 11.7. The van der Waals surface area contributed by atoms with E-state index >= 15 is 0 Å². The van der Waals surface area contributed by atoms with Crippen LogP contribution in [0.5, 0.6) is 0 Å². The first-order chi connectivity index (χ1) is 18.2. The molecule has 1 saturated heterocycles. The number of nitrogens with zero attached hydrogens (tertiary/aromatic N) is 4. The smallest absolute Gasteiger partial charge is 0.273 e. The van der Waals surface area contributed by atoms with Gasteiger partial charge in [0.15, 0.2) is 5.69 Å². The third-order valence-electron chi connectivity index (χ3n) is 5.99. The number of sulfone groups is 1. The van der Waals surface area contributed by atoms with Gasteiger partial charge in [0.05, 0.1) is 34.0 Å². The van der Waals surface area contributed by atoms with Gasteiger partial charge in [-0.05, 0) is 43.2 Å². The Labute approximate surface area is 230 Å². The monoisotopic (exact) mass is 565 g/mol. The van der Waals surface area contributed by atoms with Crippen LogP contribution in [0.2, 0.25) is 10.0 Å². The van der Waals surface area contributed by atoms with Gasteiger partial charge < -0.3 is 5.32 Å². The fourth-order valence-corrected chi connectivity index (χ4v) is 6.04. The standard InChI is InChI=1S/C27H21Cl2N5O3S/c28-20-9-10-24(23(29)16-20)34-26(19-7-5-18(6-8-19)4-2-1-3-13-30)22(17-31)25(33-34)27(35)32-21-11-14-38(36,37)15-12-21/h5-10,16,21H,1,3,11-12,14-15H2,(H,32,35). The number of benzene rings is 2. The Morgan fingerprint density at radius 3 is 2.42 bits per heavy atom. The lowest BCUT2D eigenvalue weighted by molar-refractivity contribution is 0.0928. The molecule has 1 fully saturated rings. The van der Waals surface area contributed by atoms with Crippen molar-refractivity contribution in [2.45, 2.75) is 31.7 Å². The van der Waals surface area contributed by atoms with Crippen molar-refractivity contribution >= 4 is 38.9 Å². The number of carbonyl (C=O) groups excluding carboxylic acids is 1. The molecule has 0 saturated carbocycles. The van der Waals surface area contributed by atoms with E-state index in [1.165, 1.54) is 10.7 Å². The highest BCUT2D eigenvalue weighted by Crippen LogP contribution is 2.33. The molecule has 11 heteroatoms. The Morgan fingerprint density at radius 1 is 1.08 bits per heavy atom. The number of aromatic nitrogens is 2. The van der Waals surface area contributed by atoms with Crippen LogP contribution in [0.25, 0.3) is 16.9 Å². The van der Waals surface area contributed by atoms with Gasteiger partial charge in [0.1, 0.15) is 21.5 Å². The molecule has 0 aliphatic carbocycles. The molecule has 8 nitrogen and oxygen atoms in total. The Hall–Kier alpha value is -3.81. The van der Waals surface area contributed by atoms with Gasteiger partial charge in [-0.15, -0.1) is 0 Å². The summed E-state index contributed by atoms with van der Waals surface area (Å²) < 4.78 is 25.0. The first-order valence-corrected chi connectivity index (χ1v) is 14.3. The number of nitrogens with one attached hydrogen (secondary N) is 1. The molecule has 2 aromatic carbocycles. The summed E-state index contributed by atoms with van der Waals surface area (Å²) in [4.78, 5) is 13.3. The number of hydrogen-bond donors (Lipinski definition) is 1. The Kier molecular flexibility index (Phi) is 8.39. The largest absolute Gasteiger partial charge is 0.348 e. The van der Waals surface area contributed by atoms with Gasteiger partial charge in [0.2, 0.25) is 0 Å². The Bertz CT molecular complexity index is 1620. The van der Waals surface area contributed by atoms with Crippen LogP contribution in [0.1, 0.15) is 47.3 Å². The zero-order valence-corrected chi connectivity index (χ0v) is 22.4. The molecule has 0 spiro atoms. The van der Waals surface area contributed by atoms with E-state index in [-0.39, 0.29) is 33.8 Å². The van der Waals surface area contributed by atoms with Gasteiger partial charge in [0.25, 0.3) is 5.91 Å². The SMILES string of the molecule is N#CCCC#Cc1ccc(-c2c(C#N)c(C(=O)NC3CCS(=O)(=O)CC3)nn2-c2ccc(Cl)cc2Cl)cc1. The number of amides is 1.